The number of likely N-dealkylation sites (tertiary alicyclic amines) is 1. The Morgan fingerprint density at radius 1 is 1.19 bits per heavy atom. The zero-order valence-corrected chi connectivity index (χ0v) is 15.6. The van der Waals surface area contributed by atoms with Gasteiger partial charge in [-0.25, -0.2) is 9.31 Å². The lowest BCUT2D eigenvalue weighted by atomic mass is 10.1. The van der Waals surface area contributed by atoms with Crippen molar-refractivity contribution in [3.05, 3.63) is 30.6 Å². The van der Waals surface area contributed by atoms with Crippen LogP contribution < -0.4 is 5.32 Å². The first kappa shape index (κ1) is 17.3. The van der Waals surface area contributed by atoms with Crippen LogP contribution >= 0.6 is 0 Å². The fourth-order valence-electron chi connectivity index (χ4n) is 4.07. The molecule has 2 aromatic rings. The van der Waals surface area contributed by atoms with E-state index in [-0.39, 0.29) is 6.03 Å². The predicted molar refractivity (Wildman–Crippen MR) is 102 cm³/mol. The van der Waals surface area contributed by atoms with Crippen molar-refractivity contribution in [2.45, 2.75) is 32.4 Å². The topological polar surface area (TPSA) is 56.1 Å². The molecule has 2 aromatic heterocycles. The smallest absolute Gasteiger partial charge is 0.322 e. The van der Waals surface area contributed by atoms with Crippen LogP contribution in [0.3, 0.4) is 0 Å². The van der Waals surface area contributed by atoms with Crippen LogP contribution in [0.5, 0.6) is 0 Å². The molecule has 0 aliphatic carbocycles. The first-order chi connectivity index (χ1) is 12.6. The molecule has 0 aromatic carbocycles. The fraction of sp³-hybridized carbons (Fsp3) is 0.579. The van der Waals surface area contributed by atoms with Crippen LogP contribution in [0.4, 0.5) is 10.5 Å². The van der Waals surface area contributed by atoms with Crippen molar-refractivity contribution in [1.82, 2.24) is 24.3 Å². The second kappa shape index (κ2) is 7.25. The Bertz CT molecular complexity index is 764. The molecule has 1 atom stereocenters. The Labute approximate surface area is 154 Å². The quantitative estimate of drug-likeness (QED) is 0.914. The average molecular weight is 356 g/mol. The molecule has 7 nitrogen and oxygen atoms in total. The van der Waals surface area contributed by atoms with Crippen molar-refractivity contribution >= 4 is 17.2 Å². The van der Waals surface area contributed by atoms with Crippen LogP contribution in [-0.2, 0) is 0 Å². The van der Waals surface area contributed by atoms with E-state index in [0.29, 0.717) is 12.1 Å². The molecule has 2 aliphatic rings. The van der Waals surface area contributed by atoms with E-state index in [1.807, 2.05) is 29.3 Å². The number of urea groups is 1. The summed E-state index contributed by atoms with van der Waals surface area (Å²) >= 11 is 0. The van der Waals surface area contributed by atoms with Crippen LogP contribution in [0.2, 0.25) is 0 Å². The summed E-state index contributed by atoms with van der Waals surface area (Å²) in [7, 11) is 0. The first-order valence-corrected chi connectivity index (χ1v) is 9.58. The molecule has 140 valence electrons. The Balaban J connectivity index is 1.33. The second-order valence-corrected chi connectivity index (χ2v) is 7.57. The van der Waals surface area contributed by atoms with Gasteiger partial charge in [0.05, 0.1) is 17.4 Å². The van der Waals surface area contributed by atoms with Gasteiger partial charge < -0.3 is 10.2 Å². The van der Waals surface area contributed by atoms with Crippen molar-refractivity contribution in [3.63, 3.8) is 0 Å². The van der Waals surface area contributed by atoms with Gasteiger partial charge in [0.1, 0.15) is 0 Å². The molecule has 2 amide bonds. The normalized spacial score (nSPS) is 22.4. The highest BCUT2D eigenvalue weighted by Gasteiger charge is 2.32. The molecule has 0 bridgehead atoms. The molecule has 1 unspecified atom stereocenters. The van der Waals surface area contributed by atoms with Crippen LogP contribution in [0.15, 0.2) is 30.6 Å². The number of anilines is 1. The summed E-state index contributed by atoms with van der Waals surface area (Å²) in [6, 6.07) is 6.93. The second-order valence-electron chi connectivity index (χ2n) is 7.57. The highest BCUT2D eigenvalue weighted by atomic mass is 16.2. The molecule has 4 rings (SSSR count). The van der Waals surface area contributed by atoms with Crippen molar-refractivity contribution in [2.24, 2.45) is 0 Å². The van der Waals surface area contributed by atoms with E-state index in [9.17, 15) is 4.79 Å². The summed E-state index contributed by atoms with van der Waals surface area (Å²) in [5.41, 5.74) is 1.69. The molecule has 26 heavy (non-hydrogen) atoms. The van der Waals surface area contributed by atoms with Gasteiger partial charge in [0, 0.05) is 57.5 Å². The van der Waals surface area contributed by atoms with E-state index in [1.54, 1.807) is 10.7 Å². The Kier molecular flexibility index (Phi) is 4.82. The number of piperazine rings is 1. The van der Waals surface area contributed by atoms with Gasteiger partial charge >= 0.3 is 6.03 Å². The van der Waals surface area contributed by atoms with Crippen LogP contribution in [0, 0.1) is 0 Å². The largest absolute Gasteiger partial charge is 0.323 e. The predicted octanol–water partition coefficient (Wildman–Crippen LogP) is 1.97. The molecular weight excluding hydrogens is 328 g/mol. The van der Waals surface area contributed by atoms with E-state index < -0.39 is 0 Å². The minimum absolute atomic E-state index is 0.0212. The average Bonchev–Trinajstić information content (AvgIpc) is 3.30. The van der Waals surface area contributed by atoms with Crippen molar-refractivity contribution in [3.8, 4) is 0 Å². The molecular formula is C19H28N6O. The molecule has 1 N–H and O–H groups in total. The van der Waals surface area contributed by atoms with Crippen molar-refractivity contribution < 1.29 is 4.79 Å². The minimum Gasteiger partial charge on any atom is -0.323 e. The van der Waals surface area contributed by atoms with Crippen molar-refractivity contribution in [2.75, 3.05) is 44.6 Å². The minimum atomic E-state index is -0.0212. The van der Waals surface area contributed by atoms with Gasteiger partial charge in [-0.15, -0.1) is 0 Å². The third kappa shape index (κ3) is 3.41. The van der Waals surface area contributed by atoms with Gasteiger partial charge in [0.25, 0.3) is 0 Å². The number of aromatic nitrogens is 2. The van der Waals surface area contributed by atoms with Gasteiger partial charge in [0.15, 0.2) is 0 Å². The van der Waals surface area contributed by atoms with E-state index in [4.69, 9.17) is 0 Å². The molecule has 2 saturated heterocycles. The number of carbonyl (C=O) groups excluding carboxylic acids is 1. The zero-order chi connectivity index (χ0) is 18.1. The number of nitrogens with one attached hydrogen (secondary N) is 1. The van der Waals surface area contributed by atoms with E-state index in [1.165, 1.54) is 0 Å². The third-order valence-corrected chi connectivity index (χ3v) is 5.71. The van der Waals surface area contributed by atoms with Crippen LogP contribution in [-0.4, -0.2) is 81.7 Å². The van der Waals surface area contributed by atoms with Crippen LogP contribution in [0.25, 0.3) is 5.52 Å². The van der Waals surface area contributed by atoms with Gasteiger partial charge in [-0.2, -0.15) is 5.10 Å². The molecule has 4 heterocycles. The number of pyridine rings is 1. The van der Waals surface area contributed by atoms with E-state index >= 15 is 0 Å². The Morgan fingerprint density at radius 2 is 2.00 bits per heavy atom. The number of amides is 2. The number of nitrogens with zero attached hydrogens (tertiary/aromatic N) is 5. The summed E-state index contributed by atoms with van der Waals surface area (Å²) in [5, 5.41) is 7.31. The lowest BCUT2D eigenvalue weighted by Gasteiger charge is -2.39. The maximum absolute atomic E-state index is 12.7. The summed E-state index contributed by atoms with van der Waals surface area (Å²) in [5.74, 6) is 0. The first-order valence-electron chi connectivity index (χ1n) is 9.58. The number of carbonyl (C=O) groups is 1. The van der Waals surface area contributed by atoms with Gasteiger partial charge in [-0.05, 0) is 32.4 Å². The van der Waals surface area contributed by atoms with E-state index in [2.05, 4.69) is 34.1 Å². The lowest BCUT2D eigenvalue weighted by Crippen LogP contribution is -2.52. The molecule has 0 saturated carbocycles. The highest BCUT2D eigenvalue weighted by Crippen LogP contribution is 2.21. The SMILES string of the molecule is CC(C)N1CCN(C2CCN(C(=O)Nc3cnn4ccccc34)C2)CC1. The van der Waals surface area contributed by atoms with Crippen molar-refractivity contribution in [1.29, 1.82) is 0 Å². The zero-order valence-electron chi connectivity index (χ0n) is 15.6. The summed E-state index contributed by atoms with van der Waals surface area (Å²) in [6.07, 6.45) is 4.66. The maximum Gasteiger partial charge on any atom is 0.322 e. The number of hydrogen-bond acceptors (Lipinski definition) is 4. The van der Waals surface area contributed by atoms with Gasteiger partial charge in [-0.1, -0.05) is 6.07 Å². The summed E-state index contributed by atoms with van der Waals surface area (Å²) in [6.45, 7) is 10.6. The van der Waals surface area contributed by atoms with Gasteiger partial charge in [0.2, 0.25) is 0 Å². The molecule has 0 spiro atoms. The highest BCUT2D eigenvalue weighted by molar-refractivity contribution is 5.94. The number of rotatable bonds is 3. The lowest BCUT2D eigenvalue weighted by molar-refractivity contribution is 0.0812. The van der Waals surface area contributed by atoms with E-state index in [0.717, 1.165) is 56.9 Å². The van der Waals surface area contributed by atoms with Crippen LogP contribution in [0.1, 0.15) is 20.3 Å². The standard InChI is InChI=1S/C19H28N6O/c1-15(2)22-9-11-23(12-10-22)16-6-8-24(14-16)19(26)21-17-13-20-25-7-4-3-5-18(17)25/h3-5,7,13,15-16H,6,8-12,14H2,1-2H3,(H,21,26). The maximum atomic E-state index is 12.7. The third-order valence-electron chi connectivity index (χ3n) is 5.71. The fourth-order valence-corrected chi connectivity index (χ4v) is 4.07. The molecule has 2 fully saturated rings. The molecule has 7 heteroatoms. The summed E-state index contributed by atoms with van der Waals surface area (Å²) < 4.78 is 1.77. The number of fused-ring (bicyclic) bond motifs is 1. The van der Waals surface area contributed by atoms with Gasteiger partial charge in [-0.3, -0.25) is 9.80 Å². The monoisotopic (exact) mass is 356 g/mol. The molecule has 0 radical (unpaired) electrons. The Hall–Kier alpha value is -2.12. The Morgan fingerprint density at radius 3 is 2.77 bits per heavy atom. The summed E-state index contributed by atoms with van der Waals surface area (Å²) in [4.78, 5) is 19.7. The number of hydrogen-bond donors (Lipinski definition) is 1. The molecule has 2 aliphatic heterocycles.